The summed E-state index contributed by atoms with van der Waals surface area (Å²) in [7, 11) is 0. The molecule has 258 valence electrons. The van der Waals surface area contributed by atoms with E-state index in [2.05, 4.69) is 85.9 Å². The second-order valence-electron chi connectivity index (χ2n) is 13.5. The molecule has 0 bridgehead atoms. The zero-order valence-corrected chi connectivity index (χ0v) is 29.0. The number of dihydropyridines is 1. The number of H-pyrrole nitrogens is 2. The van der Waals surface area contributed by atoms with Crippen LogP contribution >= 0.6 is 0 Å². The van der Waals surface area contributed by atoms with E-state index in [1.807, 2.05) is 68.0 Å². The van der Waals surface area contributed by atoms with Crippen LogP contribution in [-0.4, -0.2) is 49.6 Å². The van der Waals surface area contributed by atoms with Gasteiger partial charge in [-0.2, -0.15) is 0 Å². The molecule has 0 fully saturated rings. The molecule has 6 heterocycles. The van der Waals surface area contributed by atoms with Gasteiger partial charge in [-0.15, -0.1) is 0 Å². The van der Waals surface area contributed by atoms with Gasteiger partial charge >= 0.3 is 0 Å². The van der Waals surface area contributed by atoms with E-state index < -0.39 is 0 Å². The van der Waals surface area contributed by atoms with Crippen molar-refractivity contribution in [2.45, 2.75) is 13.3 Å². The third kappa shape index (κ3) is 4.75. The number of anilines is 4. The Balaban J connectivity index is 1.02. The Morgan fingerprint density at radius 1 is 0.778 bits per heavy atom. The van der Waals surface area contributed by atoms with Crippen LogP contribution in [0, 0.1) is 5.92 Å². The maximum atomic E-state index is 5.20. The maximum absolute atomic E-state index is 5.20. The van der Waals surface area contributed by atoms with Crippen LogP contribution in [-0.2, 0) is 6.42 Å². The molecule has 4 aromatic carbocycles. The van der Waals surface area contributed by atoms with Gasteiger partial charge in [0.2, 0.25) is 0 Å². The molecule has 11 rings (SSSR count). The zero-order chi connectivity index (χ0) is 35.8. The molecule has 0 amide bonds. The lowest BCUT2D eigenvalue weighted by Gasteiger charge is -2.31. The van der Waals surface area contributed by atoms with Gasteiger partial charge in [-0.1, -0.05) is 60.7 Å². The lowest BCUT2D eigenvalue weighted by atomic mass is 9.83. The Morgan fingerprint density at radius 3 is 2.28 bits per heavy atom. The van der Waals surface area contributed by atoms with Crippen molar-refractivity contribution in [3.05, 3.63) is 144 Å². The molecule has 54 heavy (non-hydrogen) atoms. The largest absolute Gasteiger partial charge is 0.341 e. The Labute approximate surface area is 308 Å². The predicted octanol–water partition coefficient (Wildman–Crippen LogP) is 9.30. The summed E-state index contributed by atoms with van der Waals surface area (Å²) >= 11 is 0. The summed E-state index contributed by atoms with van der Waals surface area (Å²) in [4.78, 5) is 36.4. The highest BCUT2D eigenvalue weighted by atomic mass is 15.2. The van der Waals surface area contributed by atoms with Gasteiger partial charge in [0.15, 0.2) is 0 Å². The first kappa shape index (κ1) is 30.2. The highest BCUT2D eigenvalue weighted by molar-refractivity contribution is 6.26. The molecule has 3 aliphatic heterocycles. The third-order valence-electron chi connectivity index (χ3n) is 10.4. The minimum Gasteiger partial charge on any atom is -0.341 e. The Bertz CT molecular complexity index is 2920. The van der Waals surface area contributed by atoms with E-state index in [0.717, 1.165) is 95.4 Å². The molecule has 1 aliphatic carbocycles. The lowest BCUT2D eigenvalue weighted by molar-refractivity contribution is 0.947. The smallest absolute Gasteiger partial charge is 0.148 e. The van der Waals surface area contributed by atoms with Crippen molar-refractivity contribution >= 4 is 91.6 Å². The molecule has 4 N–H and O–H groups in total. The minimum absolute atomic E-state index is 0.255. The van der Waals surface area contributed by atoms with Gasteiger partial charge in [-0.05, 0) is 61.0 Å². The molecule has 11 nitrogen and oxygen atoms in total. The van der Waals surface area contributed by atoms with Gasteiger partial charge in [-0.25, -0.2) is 25.0 Å². The summed E-state index contributed by atoms with van der Waals surface area (Å²) in [6.07, 6.45) is 10.1. The molecule has 1 atom stereocenters. The number of allylic oxidation sites excluding steroid dienone is 5. The third-order valence-corrected chi connectivity index (χ3v) is 10.4. The molecule has 4 aliphatic rings. The van der Waals surface area contributed by atoms with Gasteiger partial charge < -0.3 is 20.6 Å². The van der Waals surface area contributed by atoms with E-state index in [4.69, 9.17) is 29.9 Å². The van der Waals surface area contributed by atoms with E-state index in [9.17, 15) is 0 Å². The summed E-state index contributed by atoms with van der Waals surface area (Å²) in [6.45, 7) is 1.94. The summed E-state index contributed by atoms with van der Waals surface area (Å²) in [5.41, 5.74) is 11.8. The second kappa shape index (κ2) is 11.8. The van der Waals surface area contributed by atoms with E-state index in [0.29, 0.717) is 18.1 Å². The van der Waals surface area contributed by atoms with Crippen LogP contribution in [0.3, 0.4) is 0 Å². The standard InChI is InChI=1S/C43H31N11/c1-2-44-31-13-7-14-32(50-36-19-24-9-3-5-11-29(24)48-36)28(31)21-35-26-17-18-27-38(26)39-41(52-35)45-22-46-42(39)53-43(27)54-23-47-33-15-8-16-34(40(33)54)51-37-20-25-10-4-6-12-30(25)49-37/h2-20,22-23,39,48-51H,21H2,1H3. The molecule has 11 heteroatoms. The predicted molar refractivity (Wildman–Crippen MR) is 220 cm³/mol. The van der Waals surface area contributed by atoms with E-state index >= 15 is 0 Å². The number of rotatable bonds is 7. The van der Waals surface area contributed by atoms with Crippen LogP contribution in [0.1, 0.15) is 12.5 Å². The quantitative estimate of drug-likeness (QED) is 0.123. The van der Waals surface area contributed by atoms with Crippen molar-refractivity contribution in [2.75, 3.05) is 10.6 Å². The number of hydrogen-bond acceptors (Lipinski definition) is 8. The number of aromatic nitrogens is 4. The second-order valence-corrected chi connectivity index (χ2v) is 13.5. The number of fused-ring (bicyclic) bond motifs is 3. The Morgan fingerprint density at radius 2 is 1.50 bits per heavy atom. The van der Waals surface area contributed by atoms with Crippen LogP contribution in [0.4, 0.5) is 28.7 Å². The van der Waals surface area contributed by atoms with E-state index in [1.54, 1.807) is 6.34 Å². The van der Waals surface area contributed by atoms with E-state index in [1.165, 1.54) is 0 Å². The topological polar surface area (TPSA) is 135 Å². The monoisotopic (exact) mass is 701 g/mol. The zero-order valence-electron chi connectivity index (χ0n) is 29.0. The average Bonchev–Trinajstić information content (AvgIpc) is 4.00. The molecule has 3 aromatic heterocycles. The molecule has 0 saturated heterocycles. The summed E-state index contributed by atoms with van der Waals surface area (Å²) in [6, 6.07) is 33.0. The number of benzene rings is 4. The average molecular weight is 702 g/mol. The van der Waals surface area contributed by atoms with Gasteiger partial charge in [0, 0.05) is 56.8 Å². The first-order valence-corrected chi connectivity index (χ1v) is 17.9. The fourth-order valence-corrected chi connectivity index (χ4v) is 8.00. The van der Waals surface area contributed by atoms with E-state index in [-0.39, 0.29) is 5.92 Å². The summed E-state index contributed by atoms with van der Waals surface area (Å²) in [5.74, 6) is 3.66. The fourth-order valence-electron chi connectivity index (χ4n) is 8.00. The van der Waals surface area contributed by atoms with Gasteiger partial charge in [-0.3, -0.25) is 9.56 Å². The Kier molecular flexibility index (Phi) is 6.62. The number of para-hydroxylation sites is 3. The van der Waals surface area contributed by atoms with Crippen LogP contribution in [0.15, 0.2) is 163 Å². The first-order valence-electron chi connectivity index (χ1n) is 17.9. The lowest BCUT2D eigenvalue weighted by Crippen LogP contribution is -2.36. The van der Waals surface area contributed by atoms with Crippen molar-refractivity contribution in [2.24, 2.45) is 30.9 Å². The molecule has 0 saturated carbocycles. The van der Waals surface area contributed by atoms with Crippen molar-refractivity contribution in [1.29, 1.82) is 0 Å². The maximum Gasteiger partial charge on any atom is 0.148 e. The SMILES string of the molecule is CC=Nc1cccc(Nc2cc3ccccc3[nH]2)c1CC1=C2C=CC3=C2C2C(=NC=NC2=N1)N=C3n1cnc2cccc(Nc3cc4ccccc4[nH]3)c21. The van der Waals surface area contributed by atoms with Crippen molar-refractivity contribution in [3.8, 4) is 0 Å². The first-order chi connectivity index (χ1) is 26.7. The highest BCUT2D eigenvalue weighted by Crippen LogP contribution is 2.45. The Hall–Kier alpha value is -7.40. The van der Waals surface area contributed by atoms with Crippen LogP contribution in [0.2, 0.25) is 0 Å². The molecule has 0 spiro atoms. The van der Waals surface area contributed by atoms with Crippen LogP contribution < -0.4 is 10.6 Å². The van der Waals surface area contributed by atoms with Gasteiger partial charge in [0.25, 0.3) is 0 Å². The normalized spacial score (nSPS) is 17.2. The molecular weight excluding hydrogens is 671 g/mol. The minimum atomic E-state index is -0.255. The van der Waals surface area contributed by atoms with Crippen LogP contribution in [0.25, 0.3) is 32.8 Å². The summed E-state index contributed by atoms with van der Waals surface area (Å²) < 4.78 is 2.07. The molecule has 0 radical (unpaired) electrons. The fraction of sp³-hybridized carbons (Fsp3) is 0.0698. The number of aromatic amines is 2. The van der Waals surface area contributed by atoms with Gasteiger partial charge in [0.05, 0.1) is 28.1 Å². The molecule has 7 aromatic rings. The van der Waals surface area contributed by atoms with Crippen molar-refractivity contribution in [1.82, 2.24) is 19.5 Å². The molecule has 1 unspecified atom stereocenters. The number of nitrogens with zero attached hydrogens (tertiary/aromatic N) is 7. The van der Waals surface area contributed by atoms with Crippen molar-refractivity contribution < 1.29 is 0 Å². The molecular formula is C43H31N11. The number of imidazole rings is 1. The van der Waals surface area contributed by atoms with Crippen molar-refractivity contribution in [3.63, 3.8) is 0 Å². The van der Waals surface area contributed by atoms with Gasteiger partial charge in [0.1, 0.15) is 47.7 Å². The number of aliphatic imine (C=N–C) groups is 5. The highest BCUT2D eigenvalue weighted by Gasteiger charge is 2.42. The summed E-state index contributed by atoms with van der Waals surface area (Å²) in [5, 5.41) is 9.55. The number of nitrogens with one attached hydrogen (secondary N) is 4. The number of hydrogen-bond donors (Lipinski definition) is 4. The number of amidine groups is 2. The van der Waals surface area contributed by atoms with Crippen LogP contribution in [0.5, 0.6) is 0 Å².